The van der Waals surface area contributed by atoms with E-state index in [0.717, 1.165) is 18.7 Å². The maximum absolute atomic E-state index is 15.3. The highest BCUT2D eigenvalue weighted by atomic mass is 35.5. The van der Waals surface area contributed by atoms with Crippen LogP contribution in [0.4, 0.5) is 4.39 Å². The second-order valence-corrected chi connectivity index (χ2v) is 7.65. The predicted octanol–water partition coefficient (Wildman–Crippen LogP) is 3.87. The average molecular weight is 338 g/mol. The molecule has 0 amide bonds. The molecule has 0 atom stereocenters. The van der Waals surface area contributed by atoms with E-state index in [0.29, 0.717) is 10.6 Å². The van der Waals surface area contributed by atoms with Gasteiger partial charge < -0.3 is 14.6 Å². The van der Waals surface area contributed by atoms with E-state index in [9.17, 15) is 0 Å². The van der Waals surface area contributed by atoms with Crippen LogP contribution in [0.15, 0.2) is 30.0 Å². The summed E-state index contributed by atoms with van der Waals surface area (Å²) >= 11 is 5.95. The van der Waals surface area contributed by atoms with Gasteiger partial charge in [-0.05, 0) is 51.0 Å². The van der Waals surface area contributed by atoms with Crippen molar-refractivity contribution in [1.29, 1.82) is 0 Å². The topological polar surface area (TPSA) is 30.5 Å². The molecule has 3 nitrogen and oxygen atoms in total. The summed E-state index contributed by atoms with van der Waals surface area (Å²) in [6.07, 6.45) is 0. The number of nitrogens with one attached hydrogen (secondary N) is 1. The van der Waals surface area contributed by atoms with Gasteiger partial charge in [-0.2, -0.15) is 0 Å². The summed E-state index contributed by atoms with van der Waals surface area (Å²) < 4.78 is 27.0. The van der Waals surface area contributed by atoms with E-state index >= 15 is 4.39 Å². The molecule has 0 radical (unpaired) electrons. The molecule has 2 saturated heterocycles. The molecule has 0 aliphatic carbocycles. The standard InChI is InChI=1S/C17H22BClFNO2/c1-16(2)17(3,4)23-18(22-16)15(20)14(12-9-21-10-12)11-5-7-13(19)8-6-11/h5-8,12,21H,9-10H2,1-4H3. The highest BCUT2D eigenvalue weighted by molar-refractivity contribution is 6.55. The summed E-state index contributed by atoms with van der Waals surface area (Å²) in [5, 5.41) is 3.83. The molecule has 2 aliphatic heterocycles. The van der Waals surface area contributed by atoms with E-state index in [1.807, 2.05) is 39.8 Å². The third-order valence-electron chi connectivity index (χ3n) is 5.06. The Bertz CT molecular complexity index is 610. The first-order chi connectivity index (χ1) is 10.7. The quantitative estimate of drug-likeness (QED) is 0.849. The van der Waals surface area contributed by atoms with Gasteiger partial charge in [0.15, 0.2) is 0 Å². The zero-order valence-corrected chi connectivity index (χ0v) is 14.7. The lowest BCUT2D eigenvalue weighted by Gasteiger charge is -2.32. The zero-order valence-electron chi connectivity index (χ0n) is 14.0. The van der Waals surface area contributed by atoms with Crippen molar-refractivity contribution in [2.24, 2.45) is 5.92 Å². The second kappa shape index (κ2) is 5.89. The van der Waals surface area contributed by atoms with E-state index in [4.69, 9.17) is 20.9 Å². The summed E-state index contributed by atoms with van der Waals surface area (Å²) in [6, 6.07) is 7.25. The fourth-order valence-corrected chi connectivity index (χ4v) is 2.89. The summed E-state index contributed by atoms with van der Waals surface area (Å²) in [4.78, 5) is 0. The van der Waals surface area contributed by atoms with Crippen LogP contribution in [-0.4, -0.2) is 31.4 Å². The van der Waals surface area contributed by atoms with Crippen molar-refractivity contribution in [3.63, 3.8) is 0 Å². The van der Waals surface area contributed by atoms with Crippen molar-refractivity contribution in [2.45, 2.75) is 38.9 Å². The lowest BCUT2D eigenvalue weighted by Crippen LogP contribution is -2.43. The molecule has 1 N–H and O–H groups in total. The van der Waals surface area contributed by atoms with Crippen LogP contribution in [0.25, 0.3) is 5.57 Å². The Morgan fingerprint density at radius 1 is 1.13 bits per heavy atom. The van der Waals surface area contributed by atoms with Crippen LogP contribution in [0.2, 0.25) is 5.02 Å². The Morgan fingerprint density at radius 2 is 1.65 bits per heavy atom. The molecule has 1 aromatic carbocycles. The largest absolute Gasteiger partial charge is 0.525 e. The molecule has 0 unspecified atom stereocenters. The van der Waals surface area contributed by atoms with Crippen LogP contribution < -0.4 is 5.32 Å². The van der Waals surface area contributed by atoms with Crippen LogP contribution in [0.1, 0.15) is 33.3 Å². The zero-order chi connectivity index (χ0) is 16.8. The minimum absolute atomic E-state index is 0.121. The number of halogens is 2. The van der Waals surface area contributed by atoms with Gasteiger partial charge in [-0.15, -0.1) is 0 Å². The van der Waals surface area contributed by atoms with E-state index in [1.54, 1.807) is 12.1 Å². The first kappa shape index (κ1) is 17.0. The molecule has 2 aliphatic rings. The molecule has 0 bridgehead atoms. The van der Waals surface area contributed by atoms with E-state index in [1.165, 1.54) is 0 Å². The van der Waals surface area contributed by atoms with Gasteiger partial charge in [-0.25, -0.2) is 4.39 Å². The van der Waals surface area contributed by atoms with Crippen molar-refractivity contribution >= 4 is 24.3 Å². The van der Waals surface area contributed by atoms with Crippen molar-refractivity contribution in [1.82, 2.24) is 5.32 Å². The van der Waals surface area contributed by atoms with Gasteiger partial charge in [0.1, 0.15) is 5.73 Å². The SMILES string of the molecule is CC1(C)OB(C(F)=C(c2ccc(Cl)cc2)C2CNC2)OC1(C)C. The van der Waals surface area contributed by atoms with E-state index in [-0.39, 0.29) is 11.6 Å². The Morgan fingerprint density at radius 3 is 2.09 bits per heavy atom. The van der Waals surface area contributed by atoms with Gasteiger partial charge in [-0.3, -0.25) is 0 Å². The molecular formula is C17H22BClFNO2. The maximum atomic E-state index is 15.3. The molecule has 0 spiro atoms. The van der Waals surface area contributed by atoms with E-state index < -0.39 is 18.3 Å². The van der Waals surface area contributed by atoms with Gasteiger partial charge in [-0.1, -0.05) is 23.7 Å². The molecule has 1 aromatic rings. The number of hydrogen-bond donors (Lipinski definition) is 1. The van der Waals surface area contributed by atoms with Gasteiger partial charge in [0.2, 0.25) is 0 Å². The highest BCUT2D eigenvalue weighted by Crippen LogP contribution is 2.41. The summed E-state index contributed by atoms with van der Waals surface area (Å²) in [6.45, 7) is 9.20. The third-order valence-corrected chi connectivity index (χ3v) is 5.31. The van der Waals surface area contributed by atoms with Gasteiger partial charge >= 0.3 is 7.12 Å². The number of rotatable bonds is 3. The Kier molecular flexibility index (Phi) is 4.34. The van der Waals surface area contributed by atoms with Crippen LogP contribution in [0, 0.1) is 5.92 Å². The third kappa shape index (κ3) is 3.08. The average Bonchev–Trinajstić information content (AvgIpc) is 2.63. The van der Waals surface area contributed by atoms with Gasteiger partial charge in [0.25, 0.3) is 0 Å². The number of benzene rings is 1. The van der Waals surface area contributed by atoms with Crippen LogP contribution in [0.3, 0.4) is 0 Å². The second-order valence-electron chi connectivity index (χ2n) is 7.21. The Labute approximate surface area is 142 Å². The molecule has 2 fully saturated rings. The van der Waals surface area contributed by atoms with Crippen molar-refractivity contribution in [3.05, 3.63) is 40.6 Å². The number of hydrogen-bond acceptors (Lipinski definition) is 3. The van der Waals surface area contributed by atoms with Crippen LogP contribution >= 0.6 is 11.6 Å². The predicted molar refractivity (Wildman–Crippen MR) is 91.9 cm³/mol. The lowest BCUT2D eigenvalue weighted by atomic mass is 9.77. The molecule has 0 aromatic heterocycles. The Balaban J connectivity index is 1.98. The molecule has 2 heterocycles. The normalized spacial score (nSPS) is 24.3. The monoisotopic (exact) mass is 337 g/mol. The molecule has 0 saturated carbocycles. The summed E-state index contributed by atoms with van der Waals surface area (Å²) in [5.74, 6) is 0.121. The lowest BCUT2D eigenvalue weighted by molar-refractivity contribution is 0.00578. The van der Waals surface area contributed by atoms with Crippen molar-refractivity contribution in [2.75, 3.05) is 13.1 Å². The summed E-state index contributed by atoms with van der Waals surface area (Å²) in [7, 11) is -0.966. The fraction of sp³-hybridized carbons (Fsp3) is 0.529. The van der Waals surface area contributed by atoms with Crippen LogP contribution in [0.5, 0.6) is 0 Å². The Hall–Kier alpha value is -0.875. The molecule has 23 heavy (non-hydrogen) atoms. The molecule has 124 valence electrons. The molecule has 3 rings (SSSR count). The van der Waals surface area contributed by atoms with Gasteiger partial charge in [0, 0.05) is 24.0 Å². The van der Waals surface area contributed by atoms with Crippen molar-refractivity contribution < 1.29 is 13.7 Å². The molecular weight excluding hydrogens is 315 g/mol. The minimum Gasteiger partial charge on any atom is -0.398 e. The van der Waals surface area contributed by atoms with Crippen molar-refractivity contribution in [3.8, 4) is 0 Å². The molecule has 6 heteroatoms. The smallest absolute Gasteiger partial charge is 0.398 e. The first-order valence-corrected chi connectivity index (χ1v) is 8.31. The minimum atomic E-state index is -0.966. The summed E-state index contributed by atoms with van der Waals surface area (Å²) in [5.41, 5.74) is 0.0279. The van der Waals surface area contributed by atoms with Crippen LogP contribution in [-0.2, 0) is 9.31 Å². The fourth-order valence-electron chi connectivity index (χ4n) is 2.76. The maximum Gasteiger partial charge on any atom is 0.525 e. The van der Waals surface area contributed by atoms with E-state index in [2.05, 4.69) is 5.32 Å². The first-order valence-electron chi connectivity index (χ1n) is 7.93. The highest BCUT2D eigenvalue weighted by Gasteiger charge is 2.54. The van der Waals surface area contributed by atoms with Gasteiger partial charge in [0.05, 0.1) is 11.2 Å².